The van der Waals surface area contributed by atoms with Crippen LogP contribution in [0.4, 0.5) is 0 Å². The van der Waals surface area contributed by atoms with Crippen LogP contribution in [0.2, 0.25) is 0 Å². The third-order valence-electron chi connectivity index (χ3n) is 7.86. The van der Waals surface area contributed by atoms with E-state index >= 15 is 0 Å². The molecule has 0 aliphatic carbocycles. The maximum absolute atomic E-state index is 6.25. The summed E-state index contributed by atoms with van der Waals surface area (Å²) in [6.07, 6.45) is 2.07. The van der Waals surface area contributed by atoms with Crippen molar-refractivity contribution < 1.29 is 48.8 Å². The molecule has 0 spiro atoms. The van der Waals surface area contributed by atoms with Crippen LogP contribution < -0.4 is 0 Å². The fourth-order valence-corrected chi connectivity index (χ4v) is 5.50. The molecule has 6 nitrogen and oxygen atoms in total. The summed E-state index contributed by atoms with van der Waals surface area (Å²) in [7, 11) is 0. The van der Waals surface area contributed by atoms with Gasteiger partial charge in [-0.1, -0.05) is 11.1 Å². The van der Waals surface area contributed by atoms with Gasteiger partial charge in [0.05, 0.1) is 61.0 Å². The van der Waals surface area contributed by atoms with E-state index < -0.39 is 0 Å². The Hall–Kier alpha value is -1.66. The molecule has 7 heteroatoms. The van der Waals surface area contributed by atoms with Crippen LogP contribution in [-0.2, 0) is 48.8 Å². The number of rotatable bonds is 10. The van der Waals surface area contributed by atoms with Gasteiger partial charge in [-0.15, -0.1) is 12.1 Å². The molecule has 4 rings (SSSR count). The van der Waals surface area contributed by atoms with Gasteiger partial charge in [-0.25, -0.2) is 24.3 Å². The normalized spacial score (nSPS) is 24.7. The molecule has 2 aromatic carbocycles. The Kier molecular flexibility index (Phi) is 15.8. The number of benzene rings is 2. The van der Waals surface area contributed by atoms with Gasteiger partial charge in [-0.05, 0) is 69.2 Å². The van der Waals surface area contributed by atoms with Gasteiger partial charge in [0.2, 0.25) is 0 Å². The molecule has 0 aromatic heterocycles. The monoisotopic (exact) mass is 742 g/mol. The average Bonchev–Trinajstić information content (AvgIpc) is 3.52. The quantitative estimate of drug-likeness (QED) is 0.179. The van der Waals surface area contributed by atoms with E-state index in [9.17, 15) is 0 Å². The SMILES string of the molecule is [CH2-]c1ccc(C2CC(OC(C)C)C(COC(C)(C)C)O2)cc1[CH2-].[CH2-]c1ccc(C2CC(OC(C)C)C(COC(C)(C)C)O2)cc1[CH2-].[Pd]. The van der Waals surface area contributed by atoms with Crippen LogP contribution in [-0.4, -0.2) is 61.0 Å². The predicted molar refractivity (Wildman–Crippen MR) is 187 cm³/mol. The van der Waals surface area contributed by atoms with Crippen molar-refractivity contribution in [1.29, 1.82) is 0 Å². The summed E-state index contributed by atoms with van der Waals surface area (Å²) in [5.74, 6) is 0. The van der Waals surface area contributed by atoms with Crippen LogP contribution >= 0.6 is 0 Å². The molecule has 0 bridgehead atoms. The first kappa shape index (κ1) is 41.5. The molecule has 47 heavy (non-hydrogen) atoms. The van der Waals surface area contributed by atoms with Crippen LogP contribution in [0.5, 0.6) is 0 Å². The minimum atomic E-state index is -0.181. The van der Waals surface area contributed by atoms with E-state index in [4.69, 9.17) is 28.4 Å². The van der Waals surface area contributed by atoms with Gasteiger partial charge in [-0.3, -0.25) is 49.9 Å². The first-order valence-corrected chi connectivity index (χ1v) is 16.8. The second-order valence-corrected chi connectivity index (χ2v) is 15.1. The summed E-state index contributed by atoms with van der Waals surface area (Å²) in [4.78, 5) is 0. The van der Waals surface area contributed by atoms with Gasteiger partial charge in [0.1, 0.15) is 12.2 Å². The second kappa shape index (κ2) is 17.8. The zero-order valence-corrected chi connectivity index (χ0v) is 32.1. The third-order valence-corrected chi connectivity index (χ3v) is 7.86. The molecule has 6 unspecified atom stereocenters. The molecule has 270 valence electrons. The second-order valence-electron chi connectivity index (χ2n) is 15.1. The molecule has 0 saturated carbocycles. The van der Waals surface area contributed by atoms with Crippen molar-refractivity contribution in [1.82, 2.24) is 0 Å². The molecule has 2 aliphatic heterocycles. The van der Waals surface area contributed by atoms with E-state index in [2.05, 4.69) is 121 Å². The fraction of sp³-hybridized carbons (Fsp3) is 0.600. The number of ether oxygens (including phenoxy) is 6. The van der Waals surface area contributed by atoms with Crippen molar-refractivity contribution in [2.24, 2.45) is 0 Å². The van der Waals surface area contributed by atoms with Gasteiger partial charge < -0.3 is 28.4 Å². The molecular formula is C40H60O6Pd-4. The molecule has 2 fully saturated rings. The minimum Gasteiger partial charge on any atom is -0.373 e. The Balaban J connectivity index is 0.000000320. The van der Waals surface area contributed by atoms with Crippen LogP contribution in [0.25, 0.3) is 0 Å². The summed E-state index contributed by atoms with van der Waals surface area (Å²) >= 11 is 0. The summed E-state index contributed by atoms with van der Waals surface area (Å²) in [5.41, 5.74) is 5.71. The zero-order chi connectivity index (χ0) is 34.4. The van der Waals surface area contributed by atoms with Crippen molar-refractivity contribution in [2.75, 3.05) is 13.2 Å². The van der Waals surface area contributed by atoms with Crippen LogP contribution in [0.1, 0.15) is 128 Å². The number of hydrogen-bond acceptors (Lipinski definition) is 6. The Labute approximate surface area is 300 Å². The van der Waals surface area contributed by atoms with E-state index in [1.165, 1.54) is 0 Å². The molecule has 2 aliphatic rings. The fourth-order valence-electron chi connectivity index (χ4n) is 5.50. The minimum absolute atomic E-state index is 0. The van der Waals surface area contributed by atoms with Crippen molar-refractivity contribution >= 4 is 0 Å². The zero-order valence-electron chi connectivity index (χ0n) is 30.5. The van der Waals surface area contributed by atoms with Crippen molar-refractivity contribution in [2.45, 2.75) is 142 Å². The molecule has 6 atom stereocenters. The van der Waals surface area contributed by atoms with Gasteiger partial charge in [0.25, 0.3) is 0 Å². The van der Waals surface area contributed by atoms with E-state index in [-0.39, 0.29) is 80.5 Å². The molecule has 2 aromatic rings. The predicted octanol–water partition coefficient (Wildman–Crippen LogP) is 8.98. The van der Waals surface area contributed by atoms with Gasteiger partial charge in [0.15, 0.2) is 0 Å². The molecule has 0 amide bonds. The maximum atomic E-state index is 6.25. The van der Waals surface area contributed by atoms with Gasteiger partial charge >= 0.3 is 0 Å². The smallest absolute Gasteiger partial charge is 0.108 e. The van der Waals surface area contributed by atoms with Crippen molar-refractivity contribution in [3.63, 3.8) is 0 Å². The summed E-state index contributed by atoms with van der Waals surface area (Å²) in [6, 6.07) is 12.3. The molecule has 2 saturated heterocycles. The maximum Gasteiger partial charge on any atom is 0.108 e. The van der Waals surface area contributed by atoms with Crippen molar-refractivity contribution in [3.05, 3.63) is 97.5 Å². The standard InChI is InChI=1S/2C20H30O3.Pd/c2*1-13(2)22-18-11-17(16-9-8-14(3)15(4)10-16)23-19(18)12-21-20(5,6)7;/h2*8-10,13,17-19H,3-4,11-12H2,1-2,5-7H3;/q2*-2;. The van der Waals surface area contributed by atoms with E-state index in [1.54, 1.807) is 0 Å². The Morgan fingerprint density at radius 1 is 0.617 bits per heavy atom. The summed E-state index contributed by atoms with van der Waals surface area (Å²) < 4.78 is 36.5. The largest absolute Gasteiger partial charge is 0.373 e. The molecule has 0 N–H and O–H groups in total. The molecule has 2 heterocycles. The Morgan fingerprint density at radius 3 is 1.23 bits per heavy atom. The molecular weight excluding hydrogens is 683 g/mol. The van der Waals surface area contributed by atoms with Gasteiger partial charge in [0, 0.05) is 33.3 Å². The Morgan fingerprint density at radius 2 is 0.957 bits per heavy atom. The first-order chi connectivity index (χ1) is 21.3. The first-order valence-electron chi connectivity index (χ1n) is 16.8. The topological polar surface area (TPSA) is 55.4 Å². The summed E-state index contributed by atoms with van der Waals surface area (Å²) in [6.45, 7) is 37.6. The average molecular weight is 743 g/mol. The van der Waals surface area contributed by atoms with Crippen LogP contribution in [0.3, 0.4) is 0 Å². The van der Waals surface area contributed by atoms with E-state index in [0.717, 1.165) is 46.2 Å². The van der Waals surface area contributed by atoms with Crippen LogP contribution in [0.15, 0.2) is 36.4 Å². The Bertz CT molecular complexity index is 1130. The summed E-state index contributed by atoms with van der Waals surface area (Å²) in [5, 5.41) is 0. The number of hydrogen-bond donors (Lipinski definition) is 0. The van der Waals surface area contributed by atoms with Gasteiger partial charge in [-0.2, -0.15) is 0 Å². The third kappa shape index (κ3) is 13.6. The van der Waals surface area contributed by atoms with E-state index in [1.807, 2.05) is 12.1 Å². The van der Waals surface area contributed by atoms with Crippen LogP contribution in [0, 0.1) is 27.7 Å². The van der Waals surface area contributed by atoms with Crippen molar-refractivity contribution in [3.8, 4) is 0 Å². The van der Waals surface area contributed by atoms with E-state index in [0.29, 0.717) is 13.2 Å². The molecule has 0 radical (unpaired) electrons.